The second kappa shape index (κ2) is 3.73. The van der Waals surface area contributed by atoms with Gasteiger partial charge in [-0.2, -0.15) is 16.8 Å². The third-order valence-electron chi connectivity index (χ3n) is 2.42. The maximum Gasteiger partial charge on any atom is 0.305 e. The monoisotopic (exact) mass is 248 g/mol. The van der Waals surface area contributed by atoms with Gasteiger partial charge in [0, 0.05) is 0 Å². The molecule has 84 valence electrons. The Hall–Kier alpha value is -0.240. The highest BCUT2D eigenvalue weighted by atomic mass is 32.3. The van der Waals surface area contributed by atoms with E-state index in [0.717, 1.165) is 0 Å². The minimum Gasteiger partial charge on any atom is -0.195 e. The van der Waals surface area contributed by atoms with Gasteiger partial charge in [0.25, 0.3) is 0 Å². The van der Waals surface area contributed by atoms with Gasteiger partial charge in [0.15, 0.2) is 0 Å². The zero-order valence-corrected chi connectivity index (χ0v) is 8.82. The summed E-state index contributed by atoms with van der Waals surface area (Å²) in [4.78, 5) is 0. The van der Waals surface area contributed by atoms with Crippen LogP contribution in [0.2, 0.25) is 0 Å². The van der Waals surface area contributed by atoms with Crippen LogP contribution in [0.3, 0.4) is 0 Å². The van der Waals surface area contributed by atoms with Crippen molar-refractivity contribution >= 4 is 20.4 Å². The van der Waals surface area contributed by atoms with E-state index in [2.05, 4.69) is 0 Å². The average molecular weight is 248 g/mol. The minimum absolute atomic E-state index is 0.132. The highest BCUT2D eigenvalue weighted by Gasteiger charge is 2.35. The molecule has 0 unspecified atom stereocenters. The van der Waals surface area contributed by atoms with Crippen molar-refractivity contribution in [1.82, 2.24) is 0 Å². The van der Waals surface area contributed by atoms with Gasteiger partial charge in [0.2, 0.25) is 0 Å². The molecule has 0 amide bonds. The van der Waals surface area contributed by atoms with Crippen LogP contribution in [-0.4, -0.2) is 27.3 Å². The molecule has 0 atom stereocenters. The smallest absolute Gasteiger partial charge is 0.195 e. The van der Waals surface area contributed by atoms with E-state index >= 15 is 0 Å². The van der Waals surface area contributed by atoms with E-state index in [9.17, 15) is 24.6 Å². The molecule has 0 heterocycles. The lowest BCUT2D eigenvalue weighted by molar-refractivity contribution is 0.442. The minimum atomic E-state index is -4.61. The van der Waals surface area contributed by atoms with Crippen LogP contribution in [0.15, 0.2) is 0 Å². The first-order chi connectivity index (χ1) is 6.21. The van der Waals surface area contributed by atoms with Crippen LogP contribution in [0.4, 0.5) is 7.77 Å². The zero-order chi connectivity index (χ0) is 11.0. The summed E-state index contributed by atoms with van der Waals surface area (Å²) < 4.78 is 66.6. The predicted molar refractivity (Wildman–Crippen MR) is 46.1 cm³/mol. The van der Waals surface area contributed by atoms with Crippen LogP contribution in [-0.2, 0) is 20.4 Å². The summed E-state index contributed by atoms with van der Waals surface area (Å²) in [5.74, 6) is 0. The van der Waals surface area contributed by atoms with Crippen molar-refractivity contribution in [2.75, 3.05) is 0 Å². The first-order valence-electron chi connectivity index (χ1n) is 4.08. The normalized spacial score (nSPS) is 30.1. The van der Waals surface area contributed by atoms with E-state index in [-0.39, 0.29) is 25.7 Å². The largest absolute Gasteiger partial charge is 0.305 e. The topological polar surface area (TPSA) is 68.3 Å². The summed E-state index contributed by atoms with van der Waals surface area (Å²) in [6, 6.07) is 0. The lowest BCUT2D eigenvalue weighted by Gasteiger charge is -2.22. The van der Waals surface area contributed by atoms with Crippen LogP contribution in [0.5, 0.6) is 0 Å². The Morgan fingerprint density at radius 3 is 1.07 bits per heavy atom. The number of rotatable bonds is 2. The quantitative estimate of drug-likeness (QED) is 0.681. The molecule has 1 aliphatic carbocycles. The Balaban J connectivity index is 2.65. The Morgan fingerprint density at radius 1 is 0.714 bits per heavy atom. The van der Waals surface area contributed by atoms with Crippen LogP contribution in [0, 0.1) is 0 Å². The van der Waals surface area contributed by atoms with Gasteiger partial charge in [-0.15, -0.1) is 7.77 Å². The van der Waals surface area contributed by atoms with Crippen LogP contribution in [0.1, 0.15) is 25.7 Å². The van der Waals surface area contributed by atoms with Crippen molar-refractivity contribution in [2.24, 2.45) is 0 Å². The molecule has 0 N–H and O–H groups in total. The van der Waals surface area contributed by atoms with E-state index in [1.165, 1.54) is 0 Å². The van der Waals surface area contributed by atoms with Crippen molar-refractivity contribution in [1.29, 1.82) is 0 Å². The van der Waals surface area contributed by atoms with Crippen molar-refractivity contribution in [2.45, 2.75) is 36.2 Å². The Labute approximate surface area is 81.7 Å². The van der Waals surface area contributed by atoms with Gasteiger partial charge in [-0.25, -0.2) is 0 Å². The molecule has 1 fully saturated rings. The SMILES string of the molecule is O=S(=O)(F)C1CCC(S(=O)(=O)F)CC1. The van der Waals surface area contributed by atoms with E-state index in [4.69, 9.17) is 0 Å². The van der Waals surface area contributed by atoms with Gasteiger partial charge >= 0.3 is 20.4 Å². The fourth-order valence-corrected chi connectivity index (χ4v) is 3.27. The van der Waals surface area contributed by atoms with Crippen LogP contribution >= 0.6 is 0 Å². The lowest BCUT2D eigenvalue weighted by atomic mass is 10.00. The molecule has 4 nitrogen and oxygen atoms in total. The van der Waals surface area contributed by atoms with E-state index in [1.807, 2.05) is 0 Å². The molecule has 0 radical (unpaired) electrons. The second-order valence-corrected chi connectivity index (χ2v) is 6.59. The Morgan fingerprint density at radius 2 is 0.929 bits per heavy atom. The third-order valence-corrected chi connectivity index (χ3v) is 4.95. The zero-order valence-electron chi connectivity index (χ0n) is 7.19. The van der Waals surface area contributed by atoms with E-state index < -0.39 is 30.9 Å². The second-order valence-electron chi connectivity index (χ2n) is 3.35. The molecule has 0 aromatic rings. The fraction of sp³-hybridized carbons (Fsp3) is 1.00. The van der Waals surface area contributed by atoms with Gasteiger partial charge in [-0.1, -0.05) is 0 Å². The molecular weight excluding hydrogens is 238 g/mol. The fourth-order valence-electron chi connectivity index (χ4n) is 1.60. The summed E-state index contributed by atoms with van der Waals surface area (Å²) >= 11 is 0. The first kappa shape index (κ1) is 11.8. The van der Waals surface area contributed by atoms with Gasteiger partial charge in [0.1, 0.15) is 0 Å². The first-order valence-corrected chi connectivity index (χ1v) is 6.97. The number of hydrogen-bond acceptors (Lipinski definition) is 4. The van der Waals surface area contributed by atoms with Crippen LogP contribution < -0.4 is 0 Å². The molecule has 1 rings (SSSR count). The number of halogens is 2. The molecule has 0 aliphatic heterocycles. The Kier molecular flexibility index (Phi) is 3.15. The molecule has 0 bridgehead atoms. The van der Waals surface area contributed by atoms with Crippen molar-refractivity contribution in [3.05, 3.63) is 0 Å². The summed E-state index contributed by atoms with van der Waals surface area (Å²) in [5, 5.41) is -2.33. The van der Waals surface area contributed by atoms with Gasteiger partial charge in [-0.05, 0) is 25.7 Å². The number of hydrogen-bond donors (Lipinski definition) is 0. The summed E-state index contributed by atoms with van der Waals surface area (Å²) in [7, 11) is -9.22. The van der Waals surface area contributed by atoms with Crippen molar-refractivity contribution < 1.29 is 24.6 Å². The predicted octanol–water partition coefficient (Wildman–Crippen LogP) is 0.896. The van der Waals surface area contributed by atoms with Gasteiger partial charge in [-0.3, -0.25) is 0 Å². The van der Waals surface area contributed by atoms with E-state index in [0.29, 0.717) is 0 Å². The lowest BCUT2D eigenvalue weighted by Crippen LogP contribution is -2.30. The standard InChI is InChI=1S/C6H10F2O4S2/c7-13(9,10)5-1-2-6(4-3-5)14(8,11)12/h5-6H,1-4H2. The highest BCUT2D eigenvalue weighted by Crippen LogP contribution is 2.29. The molecule has 1 aliphatic rings. The summed E-state index contributed by atoms with van der Waals surface area (Å²) in [6.45, 7) is 0. The molecule has 0 spiro atoms. The molecule has 8 heteroatoms. The maximum atomic E-state index is 12.4. The summed E-state index contributed by atoms with van der Waals surface area (Å²) in [6.07, 6.45) is -0.529. The van der Waals surface area contributed by atoms with Crippen molar-refractivity contribution in [3.63, 3.8) is 0 Å². The molecule has 14 heavy (non-hydrogen) atoms. The van der Waals surface area contributed by atoms with Gasteiger partial charge in [0.05, 0.1) is 10.5 Å². The average Bonchev–Trinajstić information content (AvgIpc) is 2.01. The molecular formula is C6H10F2O4S2. The van der Waals surface area contributed by atoms with E-state index in [1.54, 1.807) is 0 Å². The Bertz CT molecular complexity index is 352. The van der Waals surface area contributed by atoms with Gasteiger partial charge < -0.3 is 0 Å². The summed E-state index contributed by atoms with van der Waals surface area (Å²) in [5.41, 5.74) is 0. The molecule has 0 saturated heterocycles. The van der Waals surface area contributed by atoms with Crippen LogP contribution in [0.25, 0.3) is 0 Å². The molecule has 1 saturated carbocycles. The molecule has 0 aromatic carbocycles. The maximum absolute atomic E-state index is 12.4. The third kappa shape index (κ3) is 2.88. The molecule has 0 aromatic heterocycles. The highest BCUT2D eigenvalue weighted by molar-refractivity contribution is 7.87. The van der Waals surface area contributed by atoms with Crippen molar-refractivity contribution in [3.8, 4) is 0 Å².